The first-order valence-electron chi connectivity index (χ1n) is 9.04. The van der Waals surface area contributed by atoms with Crippen LogP contribution in [0, 0.1) is 0 Å². The number of allylic oxidation sites excluding steroid dienone is 2. The highest BCUT2D eigenvalue weighted by Crippen LogP contribution is 2.33. The first-order chi connectivity index (χ1) is 11.6. The molecule has 3 atom stereocenters. The van der Waals surface area contributed by atoms with Gasteiger partial charge in [-0.05, 0) is 57.2 Å². The molecule has 2 aliphatic rings. The molecule has 0 N–H and O–H groups in total. The second kappa shape index (κ2) is 7.43. The number of anilines is 1. The monoisotopic (exact) mass is 328 g/mol. The third-order valence-electron chi connectivity index (χ3n) is 5.29. The molecule has 0 radical (unpaired) electrons. The third kappa shape index (κ3) is 3.66. The fourth-order valence-electron chi connectivity index (χ4n) is 4.05. The van der Waals surface area contributed by atoms with E-state index in [1.165, 1.54) is 12.8 Å². The summed E-state index contributed by atoms with van der Waals surface area (Å²) in [6, 6.07) is 1.11. The maximum Gasteiger partial charge on any atom is 0.225 e. The lowest BCUT2D eigenvalue weighted by Gasteiger charge is -2.39. The lowest BCUT2D eigenvalue weighted by Crippen LogP contribution is -2.53. The normalized spacial score (nSPS) is 25.4. The Hall–Kier alpha value is -1.75. The van der Waals surface area contributed by atoms with E-state index in [1.807, 2.05) is 18.5 Å². The Morgan fingerprint density at radius 3 is 2.46 bits per heavy atom. The number of fused-ring (bicyclic) bond motifs is 2. The van der Waals surface area contributed by atoms with Gasteiger partial charge in [-0.2, -0.15) is 0 Å². The molecule has 1 aromatic heterocycles. The first kappa shape index (κ1) is 17.1. The van der Waals surface area contributed by atoms with Crippen LogP contribution in [0.5, 0.6) is 0 Å². The van der Waals surface area contributed by atoms with E-state index < -0.39 is 0 Å². The molecule has 2 unspecified atom stereocenters. The van der Waals surface area contributed by atoms with E-state index in [9.17, 15) is 4.79 Å². The standard InChI is InChI=1S/C19H28N4O/c1-4-15(7-5-6-14(2)24)16-10-20-19(21-11-16)23-17-8-9-18(23)13-22(3)12-17/h5-6,10-11,15,17-18H,4,7-9,12-13H2,1-3H3/b6-5+/t15-,17?,18?/m0/s1. The molecule has 5 heteroatoms. The van der Waals surface area contributed by atoms with E-state index in [0.29, 0.717) is 18.0 Å². The van der Waals surface area contributed by atoms with E-state index >= 15 is 0 Å². The minimum atomic E-state index is 0.0991. The van der Waals surface area contributed by atoms with Gasteiger partial charge in [-0.3, -0.25) is 4.79 Å². The molecule has 1 aromatic rings. The van der Waals surface area contributed by atoms with Crippen molar-refractivity contribution in [3.8, 4) is 0 Å². The Labute approximate surface area is 144 Å². The number of hydrogen-bond acceptors (Lipinski definition) is 5. The van der Waals surface area contributed by atoms with Gasteiger partial charge >= 0.3 is 0 Å². The number of piperazine rings is 1. The van der Waals surface area contributed by atoms with Crippen molar-refractivity contribution < 1.29 is 4.79 Å². The Bertz CT molecular complexity index is 584. The number of ketones is 1. The van der Waals surface area contributed by atoms with Crippen LogP contribution in [-0.4, -0.2) is 52.9 Å². The number of rotatable bonds is 6. The number of nitrogens with zero attached hydrogens (tertiary/aromatic N) is 4. The van der Waals surface area contributed by atoms with Crippen LogP contribution < -0.4 is 4.90 Å². The predicted molar refractivity (Wildman–Crippen MR) is 96.3 cm³/mol. The molecule has 2 bridgehead atoms. The maximum atomic E-state index is 11.0. The molecule has 24 heavy (non-hydrogen) atoms. The molecule has 3 rings (SSSR count). The van der Waals surface area contributed by atoms with Gasteiger partial charge in [0.2, 0.25) is 5.95 Å². The van der Waals surface area contributed by atoms with Crippen molar-refractivity contribution in [3.05, 3.63) is 30.1 Å². The average Bonchev–Trinajstić information content (AvgIpc) is 2.83. The second-order valence-corrected chi connectivity index (χ2v) is 7.18. The topological polar surface area (TPSA) is 49.3 Å². The van der Waals surface area contributed by atoms with E-state index in [0.717, 1.165) is 37.4 Å². The van der Waals surface area contributed by atoms with Gasteiger partial charge in [0.1, 0.15) is 0 Å². The van der Waals surface area contributed by atoms with Crippen LogP contribution in [0.2, 0.25) is 0 Å². The third-order valence-corrected chi connectivity index (χ3v) is 5.29. The Morgan fingerprint density at radius 2 is 1.92 bits per heavy atom. The molecule has 5 nitrogen and oxygen atoms in total. The zero-order valence-electron chi connectivity index (χ0n) is 15.0. The summed E-state index contributed by atoms with van der Waals surface area (Å²) in [5, 5.41) is 0. The van der Waals surface area contributed by atoms with Crippen LogP contribution in [0.15, 0.2) is 24.5 Å². The summed E-state index contributed by atoms with van der Waals surface area (Å²) in [6.45, 7) is 5.96. The number of carbonyl (C=O) groups is 1. The molecule has 0 spiro atoms. The van der Waals surface area contributed by atoms with Crippen LogP contribution in [0.3, 0.4) is 0 Å². The van der Waals surface area contributed by atoms with Gasteiger partial charge in [-0.25, -0.2) is 9.97 Å². The van der Waals surface area contributed by atoms with Gasteiger partial charge in [-0.1, -0.05) is 13.0 Å². The Morgan fingerprint density at radius 1 is 1.29 bits per heavy atom. The van der Waals surface area contributed by atoms with Crippen molar-refractivity contribution in [2.75, 3.05) is 25.0 Å². The van der Waals surface area contributed by atoms with Crippen LogP contribution in [0.1, 0.15) is 51.0 Å². The summed E-state index contributed by atoms with van der Waals surface area (Å²) < 4.78 is 0. The van der Waals surface area contributed by atoms with Crippen LogP contribution in [-0.2, 0) is 4.79 Å². The van der Waals surface area contributed by atoms with Crippen LogP contribution in [0.4, 0.5) is 5.95 Å². The lowest BCUT2D eigenvalue weighted by atomic mass is 9.95. The molecule has 2 aliphatic heterocycles. The number of likely N-dealkylation sites (N-methyl/N-ethyl adjacent to an activating group) is 1. The highest BCUT2D eigenvalue weighted by molar-refractivity contribution is 5.87. The molecule has 130 valence electrons. The van der Waals surface area contributed by atoms with Gasteiger partial charge in [0, 0.05) is 37.6 Å². The molecular weight excluding hydrogens is 300 g/mol. The van der Waals surface area contributed by atoms with E-state index in [1.54, 1.807) is 13.0 Å². The van der Waals surface area contributed by atoms with Crippen LogP contribution >= 0.6 is 0 Å². The Balaban J connectivity index is 1.70. The molecular formula is C19H28N4O. The van der Waals surface area contributed by atoms with Gasteiger partial charge < -0.3 is 9.80 Å². The minimum absolute atomic E-state index is 0.0991. The number of aromatic nitrogens is 2. The van der Waals surface area contributed by atoms with Crippen molar-refractivity contribution in [3.63, 3.8) is 0 Å². The zero-order chi connectivity index (χ0) is 17.1. The minimum Gasteiger partial charge on any atom is -0.332 e. The summed E-state index contributed by atoms with van der Waals surface area (Å²) in [6.07, 6.45) is 11.9. The van der Waals surface area contributed by atoms with Crippen molar-refractivity contribution in [1.82, 2.24) is 14.9 Å². The van der Waals surface area contributed by atoms with E-state index in [-0.39, 0.29) is 5.78 Å². The van der Waals surface area contributed by atoms with Gasteiger partial charge in [0.15, 0.2) is 5.78 Å². The van der Waals surface area contributed by atoms with Gasteiger partial charge in [-0.15, -0.1) is 0 Å². The summed E-state index contributed by atoms with van der Waals surface area (Å²) in [4.78, 5) is 25.3. The smallest absolute Gasteiger partial charge is 0.225 e. The quantitative estimate of drug-likeness (QED) is 0.752. The summed E-state index contributed by atoms with van der Waals surface area (Å²) in [7, 11) is 2.20. The Kier molecular flexibility index (Phi) is 5.29. The highest BCUT2D eigenvalue weighted by atomic mass is 16.1. The van der Waals surface area contributed by atoms with Crippen molar-refractivity contribution in [2.45, 2.75) is 57.5 Å². The largest absolute Gasteiger partial charge is 0.332 e. The SMILES string of the molecule is CC[C@@H](C/C=C/C(C)=O)c1cnc(N2C3CCC2CN(C)C3)nc1. The fourth-order valence-corrected chi connectivity index (χ4v) is 4.05. The number of likely N-dealkylation sites (tertiary alicyclic amines) is 1. The lowest BCUT2D eigenvalue weighted by molar-refractivity contribution is -0.112. The molecule has 0 amide bonds. The second-order valence-electron chi connectivity index (χ2n) is 7.18. The zero-order valence-corrected chi connectivity index (χ0v) is 15.0. The highest BCUT2D eigenvalue weighted by Gasteiger charge is 2.40. The molecule has 3 heterocycles. The molecule has 2 saturated heterocycles. The van der Waals surface area contributed by atoms with E-state index in [2.05, 4.69) is 33.7 Å². The van der Waals surface area contributed by atoms with Crippen molar-refractivity contribution >= 4 is 11.7 Å². The predicted octanol–water partition coefficient (Wildman–Crippen LogP) is 2.79. The molecule has 0 saturated carbocycles. The first-order valence-corrected chi connectivity index (χ1v) is 9.04. The fraction of sp³-hybridized carbons (Fsp3) is 0.632. The van der Waals surface area contributed by atoms with E-state index in [4.69, 9.17) is 0 Å². The summed E-state index contributed by atoms with van der Waals surface area (Å²) >= 11 is 0. The summed E-state index contributed by atoms with van der Waals surface area (Å²) in [5.74, 6) is 1.36. The average molecular weight is 328 g/mol. The molecule has 2 fully saturated rings. The molecule has 0 aliphatic carbocycles. The van der Waals surface area contributed by atoms with Crippen molar-refractivity contribution in [1.29, 1.82) is 0 Å². The van der Waals surface area contributed by atoms with Crippen LogP contribution in [0.25, 0.3) is 0 Å². The molecule has 0 aromatic carbocycles. The number of carbonyl (C=O) groups excluding carboxylic acids is 1. The van der Waals surface area contributed by atoms with Crippen molar-refractivity contribution in [2.24, 2.45) is 0 Å². The van der Waals surface area contributed by atoms with Gasteiger partial charge in [0.05, 0.1) is 0 Å². The summed E-state index contributed by atoms with van der Waals surface area (Å²) in [5.41, 5.74) is 1.16. The van der Waals surface area contributed by atoms with Gasteiger partial charge in [0.25, 0.3) is 0 Å². The number of hydrogen-bond donors (Lipinski definition) is 0. The maximum absolute atomic E-state index is 11.0.